The molecule has 0 amide bonds. The van der Waals surface area contributed by atoms with Crippen LogP contribution in [0.25, 0.3) is 0 Å². The highest BCUT2D eigenvalue weighted by Gasteiger charge is 2.11. The SMILES string of the molecule is O=C(O)Cc1cnn(Cc2cccc(F)c2)c1Cl. The van der Waals surface area contributed by atoms with Gasteiger partial charge in [-0.15, -0.1) is 0 Å². The topological polar surface area (TPSA) is 55.1 Å². The van der Waals surface area contributed by atoms with Crippen LogP contribution in [-0.2, 0) is 17.8 Å². The molecular formula is C12H10ClFN2O2. The van der Waals surface area contributed by atoms with Gasteiger partial charge in [-0.3, -0.25) is 4.79 Å². The summed E-state index contributed by atoms with van der Waals surface area (Å²) in [5.41, 5.74) is 1.16. The first kappa shape index (κ1) is 12.6. The summed E-state index contributed by atoms with van der Waals surface area (Å²) < 4.78 is 14.4. The molecule has 94 valence electrons. The molecule has 4 nitrogen and oxygen atoms in total. The van der Waals surface area contributed by atoms with E-state index in [1.54, 1.807) is 12.1 Å². The fourth-order valence-corrected chi connectivity index (χ4v) is 1.83. The molecule has 0 atom stereocenters. The number of carboxylic acids is 1. The van der Waals surface area contributed by atoms with E-state index in [0.717, 1.165) is 0 Å². The Hall–Kier alpha value is -1.88. The molecule has 0 fully saturated rings. The molecule has 18 heavy (non-hydrogen) atoms. The zero-order chi connectivity index (χ0) is 13.1. The lowest BCUT2D eigenvalue weighted by molar-refractivity contribution is -0.136. The third kappa shape index (κ3) is 2.87. The Morgan fingerprint density at radius 1 is 1.50 bits per heavy atom. The number of rotatable bonds is 4. The van der Waals surface area contributed by atoms with E-state index in [0.29, 0.717) is 17.7 Å². The Labute approximate surface area is 108 Å². The summed E-state index contributed by atoms with van der Waals surface area (Å²) in [4.78, 5) is 10.6. The molecule has 0 aliphatic carbocycles. The van der Waals surface area contributed by atoms with Crippen molar-refractivity contribution in [3.8, 4) is 0 Å². The Morgan fingerprint density at radius 2 is 2.28 bits per heavy atom. The maximum atomic E-state index is 13.0. The number of nitrogens with zero attached hydrogens (tertiary/aromatic N) is 2. The van der Waals surface area contributed by atoms with E-state index in [1.165, 1.54) is 23.0 Å². The molecule has 2 aromatic rings. The largest absolute Gasteiger partial charge is 0.481 e. The van der Waals surface area contributed by atoms with Gasteiger partial charge in [0.2, 0.25) is 0 Å². The second-order valence-corrected chi connectivity index (χ2v) is 4.18. The van der Waals surface area contributed by atoms with E-state index < -0.39 is 5.97 Å². The van der Waals surface area contributed by atoms with Crippen LogP contribution in [0, 0.1) is 5.82 Å². The molecule has 6 heteroatoms. The first-order chi connectivity index (χ1) is 8.56. The maximum Gasteiger partial charge on any atom is 0.307 e. The molecule has 2 rings (SSSR count). The monoisotopic (exact) mass is 268 g/mol. The number of hydrogen-bond acceptors (Lipinski definition) is 2. The lowest BCUT2D eigenvalue weighted by Gasteiger charge is -2.04. The normalized spacial score (nSPS) is 10.6. The first-order valence-electron chi connectivity index (χ1n) is 5.22. The standard InChI is InChI=1S/C12H10ClFN2O2/c13-12-9(5-11(17)18)6-15-16(12)7-8-2-1-3-10(14)4-8/h1-4,6H,5,7H2,(H,17,18). The van der Waals surface area contributed by atoms with Crippen molar-refractivity contribution >= 4 is 17.6 Å². The summed E-state index contributed by atoms with van der Waals surface area (Å²) in [5.74, 6) is -1.30. The predicted molar refractivity (Wildman–Crippen MR) is 64.1 cm³/mol. The minimum Gasteiger partial charge on any atom is -0.481 e. The average molecular weight is 269 g/mol. The third-order valence-electron chi connectivity index (χ3n) is 2.41. The minimum atomic E-state index is -0.970. The quantitative estimate of drug-likeness (QED) is 0.926. The van der Waals surface area contributed by atoms with Gasteiger partial charge in [-0.1, -0.05) is 23.7 Å². The van der Waals surface area contributed by atoms with Gasteiger partial charge in [0.25, 0.3) is 0 Å². The molecule has 1 N–H and O–H groups in total. The van der Waals surface area contributed by atoms with E-state index in [2.05, 4.69) is 5.10 Å². The van der Waals surface area contributed by atoms with Crippen LogP contribution in [0.4, 0.5) is 4.39 Å². The highest BCUT2D eigenvalue weighted by atomic mass is 35.5. The summed E-state index contributed by atoms with van der Waals surface area (Å²) in [6, 6.07) is 6.08. The van der Waals surface area contributed by atoms with Crippen LogP contribution in [0.3, 0.4) is 0 Å². The molecular weight excluding hydrogens is 259 g/mol. The lowest BCUT2D eigenvalue weighted by Crippen LogP contribution is -2.03. The first-order valence-corrected chi connectivity index (χ1v) is 5.60. The summed E-state index contributed by atoms with van der Waals surface area (Å²) in [6.07, 6.45) is 1.23. The predicted octanol–water partition coefficient (Wildman–Crippen LogP) is 2.35. The molecule has 1 aromatic carbocycles. The van der Waals surface area contributed by atoms with Crippen molar-refractivity contribution in [3.05, 3.63) is 52.6 Å². The molecule has 1 aromatic heterocycles. The van der Waals surface area contributed by atoms with Crippen LogP contribution in [0.1, 0.15) is 11.1 Å². The fraction of sp³-hybridized carbons (Fsp3) is 0.167. The zero-order valence-electron chi connectivity index (χ0n) is 9.31. The molecule has 0 aliphatic rings. The van der Waals surface area contributed by atoms with Crippen molar-refractivity contribution in [2.24, 2.45) is 0 Å². The number of halogens is 2. The van der Waals surface area contributed by atoms with Gasteiger partial charge in [0, 0.05) is 5.56 Å². The molecule has 0 aliphatic heterocycles. The van der Waals surface area contributed by atoms with Gasteiger partial charge in [0.1, 0.15) is 11.0 Å². The van der Waals surface area contributed by atoms with Crippen molar-refractivity contribution in [1.29, 1.82) is 0 Å². The van der Waals surface area contributed by atoms with Gasteiger partial charge in [-0.2, -0.15) is 5.10 Å². The number of aromatic nitrogens is 2. The number of carbonyl (C=O) groups is 1. The second-order valence-electron chi connectivity index (χ2n) is 3.82. The maximum absolute atomic E-state index is 13.0. The smallest absolute Gasteiger partial charge is 0.307 e. The summed E-state index contributed by atoms with van der Waals surface area (Å²) in [7, 11) is 0. The van der Waals surface area contributed by atoms with Crippen molar-refractivity contribution in [2.75, 3.05) is 0 Å². The molecule has 0 spiro atoms. The highest BCUT2D eigenvalue weighted by Crippen LogP contribution is 2.17. The van der Waals surface area contributed by atoms with Gasteiger partial charge in [0.15, 0.2) is 0 Å². The van der Waals surface area contributed by atoms with Crippen LogP contribution >= 0.6 is 11.6 Å². The van der Waals surface area contributed by atoms with Crippen molar-refractivity contribution < 1.29 is 14.3 Å². The van der Waals surface area contributed by atoms with E-state index >= 15 is 0 Å². The van der Waals surface area contributed by atoms with Gasteiger partial charge in [-0.05, 0) is 17.7 Å². The Balaban J connectivity index is 2.20. The minimum absolute atomic E-state index is 0.179. The van der Waals surface area contributed by atoms with Gasteiger partial charge >= 0.3 is 5.97 Å². The van der Waals surface area contributed by atoms with Gasteiger partial charge in [0.05, 0.1) is 19.2 Å². The molecule has 0 saturated carbocycles. The van der Waals surface area contributed by atoms with E-state index in [-0.39, 0.29) is 17.4 Å². The Bertz CT molecular complexity index is 583. The van der Waals surface area contributed by atoms with Gasteiger partial charge < -0.3 is 5.11 Å². The van der Waals surface area contributed by atoms with Crippen LogP contribution in [0.15, 0.2) is 30.5 Å². The van der Waals surface area contributed by atoms with E-state index in [9.17, 15) is 9.18 Å². The van der Waals surface area contributed by atoms with Crippen LogP contribution in [0.2, 0.25) is 5.15 Å². The number of aliphatic carboxylic acids is 1. The molecule has 0 radical (unpaired) electrons. The van der Waals surface area contributed by atoms with Crippen LogP contribution in [0.5, 0.6) is 0 Å². The molecule has 0 bridgehead atoms. The van der Waals surface area contributed by atoms with Crippen LogP contribution in [-0.4, -0.2) is 20.9 Å². The van der Waals surface area contributed by atoms with Crippen molar-refractivity contribution in [1.82, 2.24) is 9.78 Å². The van der Waals surface area contributed by atoms with Crippen molar-refractivity contribution in [3.63, 3.8) is 0 Å². The average Bonchev–Trinajstić information content (AvgIpc) is 2.61. The second kappa shape index (κ2) is 5.18. The highest BCUT2D eigenvalue weighted by molar-refractivity contribution is 6.30. The van der Waals surface area contributed by atoms with E-state index in [1.807, 2.05) is 0 Å². The number of hydrogen-bond donors (Lipinski definition) is 1. The molecule has 1 heterocycles. The van der Waals surface area contributed by atoms with E-state index in [4.69, 9.17) is 16.7 Å². The zero-order valence-corrected chi connectivity index (χ0v) is 10.1. The summed E-state index contributed by atoms with van der Waals surface area (Å²) in [6.45, 7) is 0.302. The summed E-state index contributed by atoms with van der Waals surface area (Å²) >= 11 is 6.00. The van der Waals surface area contributed by atoms with Gasteiger partial charge in [-0.25, -0.2) is 9.07 Å². The summed E-state index contributed by atoms with van der Waals surface area (Å²) in [5, 5.41) is 12.9. The number of benzene rings is 1. The fourth-order valence-electron chi connectivity index (χ4n) is 1.61. The Kier molecular flexibility index (Phi) is 3.62. The number of carboxylic acid groups (broad SMARTS) is 1. The lowest BCUT2D eigenvalue weighted by atomic mass is 10.2. The van der Waals surface area contributed by atoms with Crippen molar-refractivity contribution in [2.45, 2.75) is 13.0 Å². The third-order valence-corrected chi connectivity index (χ3v) is 2.85. The Morgan fingerprint density at radius 3 is 2.94 bits per heavy atom. The molecule has 0 saturated heterocycles. The van der Waals surface area contributed by atoms with Crippen LogP contribution < -0.4 is 0 Å². The molecule has 0 unspecified atom stereocenters.